The number of para-hydroxylation sites is 1. The fraction of sp³-hybridized carbons (Fsp3) is 0.200. The molecule has 0 aliphatic rings. The van der Waals surface area contributed by atoms with Crippen LogP contribution in [0.25, 0.3) is 10.2 Å². The van der Waals surface area contributed by atoms with Crippen molar-refractivity contribution in [2.24, 2.45) is 0 Å². The van der Waals surface area contributed by atoms with Crippen LogP contribution in [-0.2, 0) is 11.3 Å². The summed E-state index contributed by atoms with van der Waals surface area (Å²) in [5.74, 6) is -0.616. The van der Waals surface area contributed by atoms with Crippen LogP contribution in [0, 0.1) is 27.7 Å². The monoisotopic (exact) mass is 460 g/mol. The normalized spacial score (nSPS) is 10.9. The molecule has 0 saturated carbocycles. The Bertz CT molecular complexity index is 1450. The van der Waals surface area contributed by atoms with Crippen molar-refractivity contribution in [3.05, 3.63) is 86.3 Å². The molecule has 0 aliphatic carbocycles. The number of thiophene rings is 1. The highest BCUT2D eigenvalue weighted by Gasteiger charge is 2.20. The van der Waals surface area contributed by atoms with E-state index >= 15 is 0 Å². The number of carbonyl (C=O) groups excluding carboxylic acids is 2. The van der Waals surface area contributed by atoms with Crippen molar-refractivity contribution in [3.63, 3.8) is 0 Å². The van der Waals surface area contributed by atoms with Crippen molar-refractivity contribution in [3.8, 4) is 0 Å². The predicted octanol–water partition coefficient (Wildman–Crippen LogP) is 4.58. The smallest absolute Gasteiger partial charge is 0.266 e. The molecule has 4 aromatic rings. The van der Waals surface area contributed by atoms with Gasteiger partial charge < -0.3 is 10.6 Å². The third kappa shape index (κ3) is 4.56. The van der Waals surface area contributed by atoms with Gasteiger partial charge in [0, 0.05) is 11.4 Å². The zero-order valence-corrected chi connectivity index (χ0v) is 19.7. The molecular weight excluding hydrogens is 436 g/mol. The lowest BCUT2D eigenvalue weighted by atomic mass is 10.1. The van der Waals surface area contributed by atoms with E-state index in [0.717, 1.165) is 16.7 Å². The molecule has 2 aromatic heterocycles. The van der Waals surface area contributed by atoms with E-state index in [0.29, 0.717) is 32.0 Å². The van der Waals surface area contributed by atoms with Gasteiger partial charge in [0.2, 0.25) is 5.91 Å². The number of amides is 2. The third-order valence-corrected chi connectivity index (χ3v) is 6.82. The summed E-state index contributed by atoms with van der Waals surface area (Å²) in [7, 11) is 0. The standard InChI is InChI=1S/C25H24N4O3S/c1-14-9-10-18(11-16(14)3)27-20(30)12-29-13-26-24-21(25(29)32)17(4)22(33-24)23(31)28-19-8-6-5-7-15(19)2/h5-11,13H,12H2,1-4H3,(H,27,30)(H,28,31). The molecule has 0 spiro atoms. The molecule has 4 rings (SSSR count). The average molecular weight is 461 g/mol. The Hall–Kier alpha value is -3.78. The number of hydrogen-bond donors (Lipinski definition) is 2. The summed E-state index contributed by atoms with van der Waals surface area (Å²) in [5, 5.41) is 6.08. The molecule has 0 aliphatic heterocycles. The second-order valence-electron chi connectivity index (χ2n) is 8.03. The number of nitrogens with zero attached hydrogens (tertiary/aromatic N) is 2. The van der Waals surface area contributed by atoms with E-state index < -0.39 is 0 Å². The van der Waals surface area contributed by atoms with Gasteiger partial charge in [0.25, 0.3) is 11.5 Å². The Labute approximate surface area is 195 Å². The fourth-order valence-electron chi connectivity index (χ4n) is 3.56. The van der Waals surface area contributed by atoms with E-state index in [1.807, 2.05) is 63.2 Å². The molecule has 7 nitrogen and oxygen atoms in total. The number of benzene rings is 2. The highest BCUT2D eigenvalue weighted by Crippen LogP contribution is 2.28. The first-order chi connectivity index (χ1) is 15.7. The molecule has 0 radical (unpaired) electrons. The van der Waals surface area contributed by atoms with Crippen molar-refractivity contribution < 1.29 is 9.59 Å². The second kappa shape index (κ2) is 8.99. The van der Waals surface area contributed by atoms with Gasteiger partial charge in [-0.15, -0.1) is 11.3 Å². The van der Waals surface area contributed by atoms with Crippen LogP contribution in [0.2, 0.25) is 0 Å². The first-order valence-electron chi connectivity index (χ1n) is 10.5. The fourth-order valence-corrected chi connectivity index (χ4v) is 4.59. The van der Waals surface area contributed by atoms with Crippen LogP contribution in [0.4, 0.5) is 11.4 Å². The Kier molecular flexibility index (Phi) is 6.11. The zero-order valence-electron chi connectivity index (χ0n) is 18.9. The summed E-state index contributed by atoms with van der Waals surface area (Å²) in [4.78, 5) is 43.8. The van der Waals surface area contributed by atoms with Crippen molar-refractivity contribution in [2.75, 3.05) is 10.6 Å². The maximum atomic E-state index is 13.1. The van der Waals surface area contributed by atoms with Crippen LogP contribution in [0.3, 0.4) is 0 Å². The van der Waals surface area contributed by atoms with Crippen LogP contribution in [0.1, 0.15) is 31.9 Å². The molecule has 2 N–H and O–H groups in total. The number of carbonyl (C=O) groups is 2. The molecule has 0 fully saturated rings. The molecule has 0 bridgehead atoms. The topological polar surface area (TPSA) is 93.1 Å². The average Bonchev–Trinajstić information content (AvgIpc) is 3.11. The Morgan fingerprint density at radius 3 is 2.45 bits per heavy atom. The number of rotatable bonds is 5. The van der Waals surface area contributed by atoms with E-state index in [9.17, 15) is 14.4 Å². The van der Waals surface area contributed by atoms with Gasteiger partial charge in [0.1, 0.15) is 11.4 Å². The van der Waals surface area contributed by atoms with Gasteiger partial charge in [-0.25, -0.2) is 4.98 Å². The minimum absolute atomic E-state index is 0.172. The molecule has 2 aromatic carbocycles. The number of aromatic nitrogens is 2. The van der Waals surface area contributed by atoms with Crippen molar-refractivity contribution in [1.29, 1.82) is 0 Å². The summed E-state index contributed by atoms with van der Waals surface area (Å²) in [6.07, 6.45) is 1.35. The zero-order chi connectivity index (χ0) is 23.7. The number of aryl methyl sites for hydroxylation is 4. The van der Waals surface area contributed by atoms with Gasteiger partial charge in [0.05, 0.1) is 16.6 Å². The number of anilines is 2. The van der Waals surface area contributed by atoms with E-state index in [1.54, 1.807) is 6.92 Å². The summed E-state index contributed by atoms with van der Waals surface area (Å²) in [6.45, 7) is 7.44. The lowest BCUT2D eigenvalue weighted by molar-refractivity contribution is -0.116. The minimum atomic E-state index is -0.348. The maximum Gasteiger partial charge on any atom is 0.266 e. The largest absolute Gasteiger partial charge is 0.325 e. The first kappa shape index (κ1) is 22.4. The molecule has 168 valence electrons. The molecular formula is C25H24N4O3S. The van der Waals surface area contributed by atoms with Crippen LogP contribution >= 0.6 is 11.3 Å². The van der Waals surface area contributed by atoms with Crippen molar-refractivity contribution in [2.45, 2.75) is 34.2 Å². The highest BCUT2D eigenvalue weighted by molar-refractivity contribution is 7.20. The highest BCUT2D eigenvalue weighted by atomic mass is 32.1. The van der Waals surface area contributed by atoms with Crippen LogP contribution in [-0.4, -0.2) is 21.4 Å². The summed E-state index contributed by atoms with van der Waals surface area (Å²) >= 11 is 1.17. The van der Waals surface area contributed by atoms with Gasteiger partial charge >= 0.3 is 0 Å². The van der Waals surface area contributed by atoms with Crippen molar-refractivity contribution in [1.82, 2.24) is 9.55 Å². The van der Waals surface area contributed by atoms with Gasteiger partial charge in [-0.3, -0.25) is 19.0 Å². The van der Waals surface area contributed by atoms with Gasteiger partial charge in [-0.1, -0.05) is 24.3 Å². The Morgan fingerprint density at radius 2 is 1.73 bits per heavy atom. The maximum absolute atomic E-state index is 13.1. The lowest BCUT2D eigenvalue weighted by Gasteiger charge is -2.09. The van der Waals surface area contributed by atoms with Crippen LogP contribution in [0.15, 0.2) is 53.6 Å². The predicted molar refractivity (Wildman–Crippen MR) is 132 cm³/mol. The van der Waals surface area contributed by atoms with Gasteiger partial charge in [-0.2, -0.15) is 0 Å². The Balaban J connectivity index is 1.58. The molecule has 2 heterocycles. The molecule has 0 unspecified atom stereocenters. The van der Waals surface area contributed by atoms with E-state index in [2.05, 4.69) is 15.6 Å². The molecule has 33 heavy (non-hydrogen) atoms. The van der Waals surface area contributed by atoms with Crippen LogP contribution in [0.5, 0.6) is 0 Å². The Morgan fingerprint density at radius 1 is 0.970 bits per heavy atom. The molecule has 8 heteroatoms. The minimum Gasteiger partial charge on any atom is -0.325 e. The van der Waals surface area contributed by atoms with E-state index in [-0.39, 0.29) is 23.9 Å². The van der Waals surface area contributed by atoms with Crippen LogP contribution < -0.4 is 16.2 Å². The van der Waals surface area contributed by atoms with Gasteiger partial charge in [-0.05, 0) is 68.1 Å². The molecule has 0 atom stereocenters. The summed E-state index contributed by atoms with van der Waals surface area (Å²) in [5.41, 5.74) is 4.74. The SMILES string of the molecule is Cc1ccc(NC(=O)Cn2cnc3sc(C(=O)Nc4ccccc4C)c(C)c3c2=O)cc1C. The van der Waals surface area contributed by atoms with Crippen molar-refractivity contribution >= 4 is 44.7 Å². The lowest BCUT2D eigenvalue weighted by Crippen LogP contribution is -2.28. The number of hydrogen-bond acceptors (Lipinski definition) is 5. The first-order valence-corrected chi connectivity index (χ1v) is 11.3. The quantitative estimate of drug-likeness (QED) is 0.456. The summed E-state index contributed by atoms with van der Waals surface area (Å²) in [6, 6.07) is 13.1. The van der Waals surface area contributed by atoms with Gasteiger partial charge in [0.15, 0.2) is 0 Å². The number of nitrogens with one attached hydrogen (secondary N) is 2. The number of fused-ring (bicyclic) bond motifs is 1. The molecule has 0 saturated heterocycles. The summed E-state index contributed by atoms with van der Waals surface area (Å²) < 4.78 is 1.27. The second-order valence-corrected chi connectivity index (χ2v) is 9.03. The third-order valence-electron chi connectivity index (χ3n) is 5.62. The molecule has 2 amide bonds. The van der Waals surface area contributed by atoms with E-state index in [4.69, 9.17) is 0 Å². The van der Waals surface area contributed by atoms with E-state index in [1.165, 1.54) is 22.2 Å².